The van der Waals surface area contributed by atoms with Crippen LogP contribution in [0, 0.1) is 5.41 Å². The Kier molecular flexibility index (Phi) is 3.33. The van der Waals surface area contributed by atoms with E-state index in [-0.39, 0.29) is 17.9 Å². The zero-order chi connectivity index (χ0) is 14.0. The predicted molar refractivity (Wildman–Crippen MR) is 66.3 cm³/mol. The van der Waals surface area contributed by atoms with Gasteiger partial charge in [-0.25, -0.2) is 0 Å². The lowest BCUT2D eigenvalue weighted by molar-refractivity contribution is -0.143. The fraction of sp³-hybridized carbons (Fsp3) is 0.385. The summed E-state index contributed by atoms with van der Waals surface area (Å²) in [6, 6.07) is 4.32. The second-order valence-electron chi connectivity index (χ2n) is 4.65. The van der Waals surface area contributed by atoms with E-state index < -0.39 is 17.3 Å². The Labute approximate surface area is 110 Å². The highest BCUT2D eigenvalue weighted by molar-refractivity contribution is 5.97. The summed E-state index contributed by atoms with van der Waals surface area (Å²) in [5.41, 5.74) is -0.723. The van der Waals surface area contributed by atoms with Crippen molar-refractivity contribution in [2.75, 3.05) is 13.7 Å². The van der Waals surface area contributed by atoms with Gasteiger partial charge in [-0.3, -0.25) is 9.59 Å². The van der Waals surface area contributed by atoms with Crippen LogP contribution in [0.4, 0.5) is 0 Å². The lowest BCUT2D eigenvalue weighted by Gasteiger charge is -2.12. The average Bonchev–Trinajstić information content (AvgIpc) is 3.17. The molecule has 0 saturated heterocycles. The summed E-state index contributed by atoms with van der Waals surface area (Å²) in [6.45, 7) is 0.0760. The maximum Gasteiger partial charge on any atom is 0.311 e. The zero-order valence-electron chi connectivity index (χ0n) is 10.5. The minimum Gasteiger partial charge on any atom is -0.507 e. The molecule has 1 aromatic rings. The van der Waals surface area contributed by atoms with Crippen LogP contribution >= 0.6 is 0 Å². The second kappa shape index (κ2) is 4.79. The fourth-order valence-electron chi connectivity index (χ4n) is 1.79. The molecular weight excluding hydrogens is 250 g/mol. The van der Waals surface area contributed by atoms with Crippen LogP contribution in [0.5, 0.6) is 11.5 Å². The number of aromatic hydroxyl groups is 1. The first kappa shape index (κ1) is 13.2. The number of methoxy groups -OCH3 is 1. The molecule has 2 rings (SSSR count). The van der Waals surface area contributed by atoms with Gasteiger partial charge < -0.3 is 20.3 Å². The summed E-state index contributed by atoms with van der Waals surface area (Å²) >= 11 is 0. The van der Waals surface area contributed by atoms with E-state index in [1.54, 1.807) is 6.07 Å². The molecule has 3 N–H and O–H groups in total. The number of hydrogen-bond donors (Lipinski definition) is 3. The van der Waals surface area contributed by atoms with Gasteiger partial charge in [0.2, 0.25) is 0 Å². The van der Waals surface area contributed by atoms with E-state index >= 15 is 0 Å². The molecule has 6 nitrogen and oxygen atoms in total. The van der Waals surface area contributed by atoms with Crippen LogP contribution in [-0.2, 0) is 4.79 Å². The Morgan fingerprint density at radius 1 is 1.42 bits per heavy atom. The van der Waals surface area contributed by atoms with E-state index in [4.69, 9.17) is 9.84 Å². The van der Waals surface area contributed by atoms with Crippen molar-refractivity contribution in [2.45, 2.75) is 12.8 Å². The highest BCUT2D eigenvalue weighted by Gasteiger charge is 2.50. The first-order valence-corrected chi connectivity index (χ1v) is 5.87. The molecule has 6 heteroatoms. The normalized spacial score (nSPS) is 15.6. The minimum atomic E-state index is -0.897. The molecule has 19 heavy (non-hydrogen) atoms. The van der Waals surface area contributed by atoms with Gasteiger partial charge in [0.05, 0.1) is 18.1 Å². The fourth-order valence-corrected chi connectivity index (χ4v) is 1.79. The Morgan fingerprint density at radius 3 is 2.58 bits per heavy atom. The largest absolute Gasteiger partial charge is 0.507 e. The molecule has 1 saturated carbocycles. The van der Waals surface area contributed by atoms with Crippen LogP contribution in [0.2, 0.25) is 0 Å². The molecule has 0 radical (unpaired) electrons. The topological polar surface area (TPSA) is 95.9 Å². The van der Waals surface area contributed by atoms with Crippen LogP contribution in [0.1, 0.15) is 23.2 Å². The van der Waals surface area contributed by atoms with Crippen molar-refractivity contribution in [3.8, 4) is 11.5 Å². The number of carbonyl (C=O) groups excluding carboxylic acids is 1. The first-order valence-electron chi connectivity index (χ1n) is 5.87. The number of nitrogens with one attached hydrogen (secondary N) is 1. The molecule has 1 aliphatic carbocycles. The zero-order valence-corrected chi connectivity index (χ0v) is 10.5. The molecule has 1 aliphatic rings. The number of phenols is 1. The van der Waals surface area contributed by atoms with Gasteiger partial charge in [0.1, 0.15) is 11.5 Å². The van der Waals surface area contributed by atoms with Gasteiger partial charge in [0, 0.05) is 12.6 Å². The summed E-state index contributed by atoms with van der Waals surface area (Å²) in [5.74, 6) is -1.14. The summed E-state index contributed by atoms with van der Waals surface area (Å²) in [4.78, 5) is 22.8. The van der Waals surface area contributed by atoms with Gasteiger partial charge in [0.15, 0.2) is 0 Å². The SMILES string of the molecule is COc1ccc(C(=O)NCC2(C(=O)O)CC2)c(O)c1. The van der Waals surface area contributed by atoms with Gasteiger partial charge >= 0.3 is 5.97 Å². The maximum absolute atomic E-state index is 11.9. The number of amides is 1. The molecule has 1 fully saturated rings. The van der Waals surface area contributed by atoms with Crippen LogP contribution in [0.25, 0.3) is 0 Å². The van der Waals surface area contributed by atoms with E-state index in [2.05, 4.69) is 5.32 Å². The van der Waals surface area contributed by atoms with E-state index in [0.29, 0.717) is 18.6 Å². The number of carboxylic acid groups (broad SMARTS) is 1. The molecule has 0 aromatic heterocycles. The highest BCUT2D eigenvalue weighted by Crippen LogP contribution is 2.45. The number of phenolic OH excluding ortho intramolecular Hbond substituents is 1. The van der Waals surface area contributed by atoms with Crippen LogP contribution in [0.3, 0.4) is 0 Å². The van der Waals surface area contributed by atoms with Gasteiger partial charge in [-0.1, -0.05) is 0 Å². The summed E-state index contributed by atoms with van der Waals surface area (Å²) < 4.78 is 4.92. The summed E-state index contributed by atoms with van der Waals surface area (Å²) in [5, 5.41) is 21.2. The summed E-state index contributed by atoms with van der Waals surface area (Å²) in [6.07, 6.45) is 1.13. The van der Waals surface area contributed by atoms with Gasteiger partial charge in [-0.15, -0.1) is 0 Å². The lowest BCUT2D eigenvalue weighted by Crippen LogP contribution is -2.34. The Morgan fingerprint density at radius 2 is 2.11 bits per heavy atom. The van der Waals surface area contributed by atoms with E-state index in [9.17, 15) is 14.7 Å². The number of rotatable bonds is 5. The molecule has 0 bridgehead atoms. The highest BCUT2D eigenvalue weighted by atomic mass is 16.5. The van der Waals surface area contributed by atoms with Crippen molar-refractivity contribution in [1.29, 1.82) is 0 Å². The first-order chi connectivity index (χ1) is 8.98. The molecule has 0 unspecified atom stereocenters. The molecule has 0 atom stereocenters. The predicted octanol–water partition coefficient (Wildman–Crippen LogP) is 0.995. The van der Waals surface area contributed by atoms with Gasteiger partial charge in [-0.2, -0.15) is 0 Å². The third kappa shape index (κ3) is 2.62. The average molecular weight is 265 g/mol. The number of hydrogen-bond acceptors (Lipinski definition) is 4. The van der Waals surface area contributed by atoms with Crippen molar-refractivity contribution in [3.63, 3.8) is 0 Å². The quantitative estimate of drug-likeness (QED) is 0.738. The van der Waals surface area contributed by atoms with Crippen molar-refractivity contribution >= 4 is 11.9 Å². The molecule has 102 valence electrons. The standard InChI is InChI=1S/C13H15NO5/c1-19-8-2-3-9(10(15)6-8)11(16)14-7-13(4-5-13)12(17)18/h2-3,6,15H,4-5,7H2,1H3,(H,14,16)(H,17,18). The Balaban J connectivity index is 2.02. The summed E-state index contributed by atoms with van der Waals surface area (Å²) in [7, 11) is 1.46. The lowest BCUT2D eigenvalue weighted by atomic mass is 10.1. The van der Waals surface area contributed by atoms with Gasteiger partial charge in [-0.05, 0) is 25.0 Å². The van der Waals surface area contributed by atoms with E-state index in [0.717, 1.165) is 0 Å². The number of aliphatic carboxylic acids is 1. The number of benzene rings is 1. The molecule has 1 aromatic carbocycles. The third-order valence-electron chi connectivity index (χ3n) is 3.34. The van der Waals surface area contributed by atoms with Crippen molar-refractivity contribution < 1.29 is 24.5 Å². The molecule has 0 aliphatic heterocycles. The monoisotopic (exact) mass is 265 g/mol. The van der Waals surface area contributed by atoms with Crippen molar-refractivity contribution in [1.82, 2.24) is 5.32 Å². The number of carboxylic acids is 1. The number of carbonyl (C=O) groups is 2. The van der Waals surface area contributed by atoms with E-state index in [1.165, 1.54) is 19.2 Å². The maximum atomic E-state index is 11.9. The van der Waals surface area contributed by atoms with Crippen LogP contribution in [0.15, 0.2) is 18.2 Å². The van der Waals surface area contributed by atoms with Crippen molar-refractivity contribution in [3.05, 3.63) is 23.8 Å². The molecule has 0 spiro atoms. The molecule has 1 amide bonds. The Bertz CT molecular complexity index is 522. The molecule has 0 heterocycles. The van der Waals surface area contributed by atoms with Crippen LogP contribution < -0.4 is 10.1 Å². The van der Waals surface area contributed by atoms with E-state index in [1.807, 2.05) is 0 Å². The minimum absolute atomic E-state index is 0.0760. The smallest absolute Gasteiger partial charge is 0.311 e. The van der Waals surface area contributed by atoms with Crippen LogP contribution in [-0.4, -0.2) is 35.7 Å². The molecular formula is C13H15NO5. The van der Waals surface area contributed by atoms with Gasteiger partial charge in [0.25, 0.3) is 5.91 Å². The third-order valence-corrected chi connectivity index (χ3v) is 3.34. The second-order valence-corrected chi connectivity index (χ2v) is 4.65. The van der Waals surface area contributed by atoms with Crippen molar-refractivity contribution in [2.24, 2.45) is 5.41 Å². The number of ether oxygens (including phenoxy) is 1. The Hall–Kier alpha value is -2.24.